The average molecular weight is 540 g/mol. The third-order valence-electron chi connectivity index (χ3n) is 4.03. The standard InChI is InChI=1S/C17H17.C5H5.5CH3.Hf/c1-17(2,3)15-11-10-13-9-8-12-6-4-5-7-14(12)16(13)15;1-2-4-5-3-1;;;;;;/h4-9H,10H2,1-3H3;1-5H;5*1H3;/q7*-1;. The maximum Gasteiger partial charge on any atom is 0 e. The average Bonchev–Trinajstić information content (AvgIpc) is 3.19. The van der Waals surface area contributed by atoms with Crippen LogP contribution in [-0.4, -0.2) is 0 Å². The Morgan fingerprint density at radius 2 is 1.36 bits per heavy atom. The van der Waals surface area contributed by atoms with Crippen LogP contribution in [0.25, 0.3) is 16.3 Å². The molecule has 28 heavy (non-hydrogen) atoms. The van der Waals surface area contributed by atoms with Crippen molar-refractivity contribution in [1.29, 1.82) is 0 Å². The summed E-state index contributed by atoms with van der Waals surface area (Å²) in [6, 6.07) is 23.1. The Bertz CT molecular complexity index is 770. The second-order valence-electron chi connectivity index (χ2n) is 6.76. The molecule has 0 saturated carbocycles. The van der Waals surface area contributed by atoms with Gasteiger partial charge in [0.1, 0.15) is 0 Å². The second-order valence-corrected chi connectivity index (χ2v) is 6.76. The van der Waals surface area contributed by atoms with Gasteiger partial charge < -0.3 is 37.1 Å². The number of hydrogen-bond acceptors (Lipinski definition) is 0. The van der Waals surface area contributed by atoms with Gasteiger partial charge in [0.15, 0.2) is 0 Å². The van der Waals surface area contributed by atoms with E-state index in [0.29, 0.717) is 0 Å². The summed E-state index contributed by atoms with van der Waals surface area (Å²) in [5.74, 6) is 0. The van der Waals surface area contributed by atoms with Crippen LogP contribution in [0.15, 0.2) is 66.7 Å². The van der Waals surface area contributed by atoms with Crippen LogP contribution in [0.1, 0.15) is 31.9 Å². The van der Waals surface area contributed by atoms with Crippen LogP contribution in [0.5, 0.6) is 0 Å². The Morgan fingerprint density at radius 3 is 1.86 bits per heavy atom. The molecule has 0 fully saturated rings. The minimum Gasteiger partial charge on any atom is -0.358 e. The van der Waals surface area contributed by atoms with Crippen molar-refractivity contribution in [2.24, 2.45) is 5.41 Å². The van der Waals surface area contributed by atoms with E-state index in [-0.39, 0.29) is 68.4 Å². The molecule has 0 heterocycles. The zero-order valence-electron chi connectivity index (χ0n) is 19.1. The first-order valence-corrected chi connectivity index (χ1v) is 7.86. The molecule has 1 aliphatic rings. The SMILES string of the molecule is CC(C)(C)C1=[C-]Cc2ccc3ccccc3c21.[CH3-].[CH3-].[CH3-].[CH3-].[CH3-].[Hf].c1cc[cH-]c1. The Hall–Kier alpha value is -1.34. The van der Waals surface area contributed by atoms with E-state index in [1.807, 2.05) is 30.3 Å². The van der Waals surface area contributed by atoms with E-state index >= 15 is 0 Å². The molecule has 0 unspecified atom stereocenters. The summed E-state index contributed by atoms with van der Waals surface area (Å²) in [5.41, 5.74) is 4.41. The molecule has 1 heteroatoms. The van der Waals surface area contributed by atoms with Gasteiger partial charge in [-0.05, 0) is 10.8 Å². The molecule has 4 rings (SSSR count). The molecule has 0 saturated heterocycles. The van der Waals surface area contributed by atoms with Crippen LogP contribution in [0.4, 0.5) is 0 Å². The zero-order chi connectivity index (χ0) is 15.6. The second kappa shape index (κ2) is 14.6. The molecule has 1 aliphatic carbocycles. The third kappa shape index (κ3) is 7.59. The molecule has 0 aromatic heterocycles. The molecule has 0 nitrogen and oxygen atoms in total. The molecule has 3 aromatic rings. The van der Waals surface area contributed by atoms with Gasteiger partial charge >= 0.3 is 0 Å². The quantitative estimate of drug-likeness (QED) is 0.199. The van der Waals surface area contributed by atoms with Crippen molar-refractivity contribution in [2.75, 3.05) is 0 Å². The molecular weight excluding hydrogens is 503 g/mol. The smallest absolute Gasteiger partial charge is 0 e. The fraction of sp³-hybridized carbons (Fsp3) is 0.185. The first-order valence-electron chi connectivity index (χ1n) is 7.86. The fourth-order valence-corrected chi connectivity index (χ4v) is 2.99. The van der Waals surface area contributed by atoms with Gasteiger partial charge in [-0.3, -0.25) is 6.08 Å². The van der Waals surface area contributed by atoms with Crippen LogP contribution in [0.2, 0.25) is 0 Å². The molecule has 0 N–H and O–H groups in total. The van der Waals surface area contributed by atoms with Crippen molar-refractivity contribution in [1.82, 2.24) is 0 Å². The van der Waals surface area contributed by atoms with Crippen LogP contribution < -0.4 is 0 Å². The molecule has 0 amide bonds. The summed E-state index contributed by atoms with van der Waals surface area (Å²) in [6.45, 7) is 6.81. The monoisotopic (exact) mass is 541 g/mol. The van der Waals surface area contributed by atoms with Gasteiger partial charge in [-0.15, -0.1) is 12.0 Å². The van der Waals surface area contributed by atoms with E-state index in [0.717, 1.165) is 6.42 Å². The summed E-state index contributed by atoms with van der Waals surface area (Å²) in [6.07, 6.45) is 4.54. The predicted molar refractivity (Wildman–Crippen MR) is 128 cm³/mol. The minimum atomic E-state index is 0. The molecule has 0 bridgehead atoms. The Morgan fingerprint density at radius 1 is 0.786 bits per heavy atom. The van der Waals surface area contributed by atoms with E-state index in [1.165, 1.54) is 27.5 Å². The van der Waals surface area contributed by atoms with Crippen LogP contribution >= 0.6 is 0 Å². The fourth-order valence-electron chi connectivity index (χ4n) is 2.99. The molecule has 3 aromatic carbocycles. The van der Waals surface area contributed by atoms with E-state index < -0.39 is 0 Å². The molecular formula is C27H37Hf-7. The van der Waals surface area contributed by atoms with E-state index in [9.17, 15) is 0 Å². The topological polar surface area (TPSA) is 0 Å². The van der Waals surface area contributed by atoms with Gasteiger partial charge in [-0.2, -0.15) is 23.8 Å². The van der Waals surface area contributed by atoms with Gasteiger partial charge in [-0.1, -0.05) is 62.6 Å². The molecule has 0 radical (unpaired) electrons. The summed E-state index contributed by atoms with van der Waals surface area (Å²) >= 11 is 0. The predicted octanol–water partition coefficient (Wildman–Crippen LogP) is 8.28. The van der Waals surface area contributed by atoms with Crippen molar-refractivity contribution in [3.8, 4) is 0 Å². The Labute approximate surface area is 195 Å². The van der Waals surface area contributed by atoms with Crippen molar-refractivity contribution in [3.05, 3.63) is 121 Å². The summed E-state index contributed by atoms with van der Waals surface area (Å²) < 4.78 is 0. The zero-order valence-corrected chi connectivity index (χ0v) is 22.7. The molecule has 0 atom stereocenters. The van der Waals surface area contributed by atoms with Gasteiger partial charge in [0, 0.05) is 25.8 Å². The van der Waals surface area contributed by atoms with Crippen LogP contribution in [0, 0.1) is 48.6 Å². The first-order chi connectivity index (χ1) is 10.6. The third-order valence-corrected chi connectivity index (χ3v) is 4.03. The minimum absolute atomic E-state index is 0. The van der Waals surface area contributed by atoms with Crippen molar-refractivity contribution >= 4 is 16.3 Å². The van der Waals surface area contributed by atoms with Gasteiger partial charge in [0.2, 0.25) is 0 Å². The van der Waals surface area contributed by atoms with Crippen molar-refractivity contribution < 1.29 is 25.8 Å². The van der Waals surface area contributed by atoms with Crippen LogP contribution in [0.3, 0.4) is 0 Å². The maximum absolute atomic E-state index is 3.57. The van der Waals surface area contributed by atoms with E-state index in [1.54, 1.807) is 0 Å². The first kappa shape index (κ1) is 34.2. The molecule has 0 spiro atoms. The van der Waals surface area contributed by atoms with E-state index in [2.05, 4.69) is 63.2 Å². The normalized spacial score (nSPS) is 10.5. The Kier molecular flexibility index (Phi) is 17.9. The molecule has 156 valence electrons. The summed E-state index contributed by atoms with van der Waals surface area (Å²) in [5, 5.41) is 2.71. The largest absolute Gasteiger partial charge is 0.358 e. The van der Waals surface area contributed by atoms with E-state index in [4.69, 9.17) is 0 Å². The number of benzene rings is 2. The van der Waals surface area contributed by atoms with Crippen molar-refractivity contribution in [2.45, 2.75) is 27.2 Å². The number of allylic oxidation sites excluding steroid dienone is 2. The van der Waals surface area contributed by atoms with Crippen LogP contribution in [-0.2, 0) is 32.3 Å². The number of hydrogen-bond donors (Lipinski definition) is 0. The van der Waals surface area contributed by atoms with Gasteiger partial charge in [-0.25, -0.2) is 17.7 Å². The number of fused-ring (bicyclic) bond motifs is 3. The summed E-state index contributed by atoms with van der Waals surface area (Å²) in [7, 11) is 0. The maximum atomic E-state index is 3.57. The molecule has 0 aliphatic heterocycles. The van der Waals surface area contributed by atoms with Crippen molar-refractivity contribution in [3.63, 3.8) is 0 Å². The van der Waals surface area contributed by atoms with Gasteiger partial charge in [0.25, 0.3) is 0 Å². The Balaban J connectivity index is -0.000000233. The van der Waals surface area contributed by atoms with Gasteiger partial charge in [0.05, 0.1) is 0 Å². The summed E-state index contributed by atoms with van der Waals surface area (Å²) in [4.78, 5) is 0. The number of rotatable bonds is 0.